The highest BCUT2D eigenvalue weighted by atomic mass is 35.5. The molecule has 0 aliphatic rings. The third-order valence-corrected chi connectivity index (χ3v) is 18.0. The third kappa shape index (κ3) is 39.1. The number of nitrogens with one attached hydrogen (secondary N) is 1. The maximum absolute atomic E-state index is 13.6. The minimum Gasteiger partial charge on any atom is -0.478 e. The number of pyridine rings is 2. The van der Waals surface area contributed by atoms with E-state index < -0.39 is 181 Å². The molecule has 0 fully saturated rings. The molecule has 0 bridgehead atoms. The van der Waals surface area contributed by atoms with Crippen molar-refractivity contribution in [1.82, 2.24) is 9.97 Å². The number of amides is 1. The molecule has 8 aromatic carbocycles. The van der Waals surface area contributed by atoms with Gasteiger partial charge in [-0.1, -0.05) is 172 Å². The van der Waals surface area contributed by atoms with Gasteiger partial charge in [0.15, 0.2) is 17.3 Å². The Morgan fingerprint density at radius 2 is 0.687 bits per heavy atom. The molecule has 10 aromatic rings. The van der Waals surface area contributed by atoms with Gasteiger partial charge in [0.25, 0.3) is 22.5 Å². The highest BCUT2D eigenvalue weighted by Gasteiger charge is 2.46. The SMILES string of the molecule is C.C.NC(c1cccc(C(F)(F)F)c1)C(F)(F)F.Nc1cccc(/C=C/C(=O)CC(c2cccc(C(F)(F)F)c2)C(F)(F)F)c1.O=C(/C=C/c1cccc(NC(=O)c2cccnc2Cl)c1)CC(c1cccc(C(F)(F)F)c1)C(F)(F)F.O=C(/C=C/c1cccc([N+](=O)[O-])c1)CC(c1cccc(C(F)(F)F)c1)C(F)(F)F.O=C(Cl)c1cccnc1Cl.O=C(O)/C=C/c1cccc([N+](=O)[O-])c1. The van der Waals surface area contributed by atoms with Crippen molar-refractivity contribution >= 4 is 116 Å². The van der Waals surface area contributed by atoms with Gasteiger partial charge >= 0.3 is 55.4 Å². The second kappa shape index (κ2) is 50.3. The van der Waals surface area contributed by atoms with E-state index >= 15 is 0 Å². The average molecular weight is 1980 g/mol. The zero-order chi connectivity index (χ0) is 99.2. The van der Waals surface area contributed by atoms with Crippen LogP contribution in [0.3, 0.4) is 0 Å². The van der Waals surface area contributed by atoms with Crippen molar-refractivity contribution < 1.29 is 149 Å². The number of nitrogen functional groups attached to an aromatic ring is 1. The molecular formula is C89H70Cl3F24N7O11. The van der Waals surface area contributed by atoms with Crippen molar-refractivity contribution in [2.24, 2.45) is 5.73 Å². The predicted molar refractivity (Wildman–Crippen MR) is 451 cm³/mol. The molecule has 2 heterocycles. The van der Waals surface area contributed by atoms with Crippen LogP contribution in [0.25, 0.3) is 24.3 Å². The molecule has 0 spiro atoms. The number of hydrogen-bond acceptors (Lipinski definition) is 14. The van der Waals surface area contributed by atoms with Gasteiger partial charge in [-0.05, 0) is 159 Å². The monoisotopic (exact) mass is 1970 g/mol. The Morgan fingerprint density at radius 3 is 0.985 bits per heavy atom. The number of rotatable bonds is 23. The second-order valence-electron chi connectivity index (χ2n) is 26.9. The summed E-state index contributed by atoms with van der Waals surface area (Å²) in [5.74, 6) is -11.6. The molecule has 4 unspecified atom stereocenters. The number of nitro groups is 2. The highest BCUT2D eigenvalue weighted by Crippen LogP contribution is 2.44. The summed E-state index contributed by atoms with van der Waals surface area (Å²) in [6.07, 6.45) is -30.3. The Labute approximate surface area is 759 Å². The highest BCUT2D eigenvalue weighted by molar-refractivity contribution is 6.68. The molecule has 18 nitrogen and oxygen atoms in total. The Bertz CT molecular complexity index is 5820. The molecule has 0 aliphatic heterocycles. The largest absolute Gasteiger partial charge is 0.478 e. The zero-order valence-electron chi connectivity index (χ0n) is 66.2. The summed E-state index contributed by atoms with van der Waals surface area (Å²) < 4.78 is 309. The molecule has 0 saturated carbocycles. The molecule has 1 amide bonds. The number of allylic oxidation sites excluding steroid dienone is 3. The number of carbonyl (C=O) groups is 6. The lowest BCUT2D eigenvalue weighted by Crippen LogP contribution is -2.28. The van der Waals surface area contributed by atoms with Gasteiger partial charge in [-0.2, -0.15) is 105 Å². The lowest BCUT2D eigenvalue weighted by molar-refractivity contribution is -0.385. The van der Waals surface area contributed by atoms with Crippen LogP contribution in [-0.4, -0.2) is 84.1 Å². The summed E-state index contributed by atoms with van der Waals surface area (Å²) >= 11 is 16.5. The van der Waals surface area contributed by atoms with E-state index in [0.717, 1.165) is 85.0 Å². The zero-order valence-corrected chi connectivity index (χ0v) is 68.4. The first-order valence-corrected chi connectivity index (χ1v) is 37.7. The van der Waals surface area contributed by atoms with Gasteiger partial charge in [0.2, 0.25) is 0 Å². The molecule has 10 rings (SSSR count). The minimum absolute atomic E-state index is 0. The maximum Gasteiger partial charge on any atom is 0.416 e. The number of non-ortho nitro benzene ring substituents is 2. The van der Waals surface area contributed by atoms with Crippen LogP contribution in [0.5, 0.6) is 0 Å². The van der Waals surface area contributed by atoms with Gasteiger partial charge in [-0.3, -0.25) is 44.2 Å². The first kappa shape index (κ1) is 115. The van der Waals surface area contributed by atoms with E-state index in [4.69, 9.17) is 51.4 Å². The summed E-state index contributed by atoms with van der Waals surface area (Å²) in [5.41, 5.74) is 5.39. The number of benzene rings is 8. The number of halogens is 27. The minimum atomic E-state index is -4.95. The molecule has 0 aliphatic carbocycles. The van der Waals surface area contributed by atoms with Crippen LogP contribution in [0, 0.1) is 20.2 Å². The smallest absolute Gasteiger partial charge is 0.416 e. The molecule has 134 heavy (non-hydrogen) atoms. The second-order valence-corrected chi connectivity index (χ2v) is 27.9. The van der Waals surface area contributed by atoms with E-state index in [1.165, 1.54) is 97.4 Å². The van der Waals surface area contributed by atoms with Crippen LogP contribution in [0.1, 0.15) is 145 Å². The number of nitrogens with zero attached hydrogens (tertiary/aromatic N) is 4. The number of carboxylic acid groups (broad SMARTS) is 1. The van der Waals surface area contributed by atoms with Crippen molar-refractivity contribution in [1.29, 1.82) is 0 Å². The van der Waals surface area contributed by atoms with Crippen molar-refractivity contribution in [3.63, 3.8) is 0 Å². The number of aromatic nitrogens is 2. The number of nitro benzene ring substituents is 2. The lowest BCUT2D eigenvalue weighted by Gasteiger charge is -2.20. The Kier molecular flexibility index (Phi) is 43.0. The van der Waals surface area contributed by atoms with Gasteiger partial charge in [-0.25, -0.2) is 14.8 Å². The van der Waals surface area contributed by atoms with Crippen LogP contribution in [0.4, 0.5) is 128 Å². The van der Waals surface area contributed by atoms with Gasteiger partial charge in [0, 0.05) is 73.4 Å². The third-order valence-electron chi connectivity index (χ3n) is 17.2. The van der Waals surface area contributed by atoms with Crippen molar-refractivity contribution in [2.45, 2.75) is 107 Å². The van der Waals surface area contributed by atoms with Crippen LogP contribution in [0.15, 0.2) is 255 Å². The van der Waals surface area contributed by atoms with E-state index in [1.807, 2.05) is 0 Å². The summed E-state index contributed by atoms with van der Waals surface area (Å²) in [6.45, 7) is 0. The number of carbonyl (C=O) groups excluding carboxylic acids is 5. The van der Waals surface area contributed by atoms with Crippen LogP contribution >= 0.6 is 34.8 Å². The van der Waals surface area contributed by atoms with Crippen molar-refractivity contribution in [3.8, 4) is 0 Å². The normalized spacial score (nSPS) is 12.7. The molecule has 0 radical (unpaired) electrons. The van der Waals surface area contributed by atoms with Gasteiger partial charge in [0.1, 0.15) is 16.3 Å². The number of carboxylic acids is 1. The predicted octanol–water partition coefficient (Wildman–Crippen LogP) is 27.2. The topological polar surface area (TPSA) is 299 Å². The molecule has 45 heteroatoms. The average Bonchev–Trinajstić information content (AvgIpc) is 0.737. The van der Waals surface area contributed by atoms with Gasteiger partial charge in [-0.15, -0.1) is 0 Å². The number of nitrogens with two attached hydrogens (primary N) is 2. The molecule has 2 aromatic heterocycles. The van der Waals surface area contributed by atoms with Crippen molar-refractivity contribution in [2.75, 3.05) is 11.1 Å². The first-order valence-electron chi connectivity index (χ1n) is 36.5. The van der Waals surface area contributed by atoms with Crippen molar-refractivity contribution in [3.05, 3.63) is 364 Å². The number of ketones is 3. The maximum atomic E-state index is 13.6. The summed E-state index contributed by atoms with van der Waals surface area (Å²) in [4.78, 5) is 96.7. The van der Waals surface area contributed by atoms with Crippen LogP contribution < -0.4 is 16.8 Å². The number of anilines is 2. The Hall–Kier alpha value is -13.6. The lowest BCUT2D eigenvalue weighted by atomic mass is 9.91. The van der Waals surface area contributed by atoms with Crippen LogP contribution in [-0.2, 0) is 43.9 Å². The number of hydrogen-bond donors (Lipinski definition) is 4. The van der Waals surface area contributed by atoms with E-state index in [1.54, 1.807) is 48.5 Å². The van der Waals surface area contributed by atoms with Gasteiger partial charge < -0.3 is 21.9 Å². The fourth-order valence-corrected chi connectivity index (χ4v) is 11.5. The standard InChI is InChI=1S/C25H17ClF6N2O2.C19H13F6NO3.C19H15F6NO.C9H7F6N.C9H7NO4.C6H3Cl2NO.2CH4/c26-22-20(8-3-11-33-22)23(36)34-18-7-1-4-15(12-18)9-10-19(35)14-21(25(30,31)32)16-5-2-6-17(13-16)24(27,28)29;20-18(21,22)14-5-2-4-13(10-14)17(19(23,24)25)11-16(27)8-7-12-3-1-6-15(9-12)26(28)29;20-18(21,22)14-5-2-4-13(10-14)17(19(23,24)25)11-16(27)8-7-12-3-1-6-15(26)9-12;10-8(11,12)6-3-1-2-5(4-6)7(16)9(13,14)15;11-9(12)5-4-7-2-1-3-8(6-7)10(13)14;7-5-4(6(8)10)2-1-3-9-5;;/h1-13,21H,14H2,(H,34,36);1-10,17H,11H2;1-10,17H,11,26H2;1-4,7H,16H2;1-6H,(H,11,12);1-3H;2*1H4/b10-9+;2*8-7+;;5-4+;;;. The summed E-state index contributed by atoms with van der Waals surface area (Å²) in [5, 5.41) is 31.5. The molecule has 716 valence electrons. The van der Waals surface area contributed by atoms with Gasteiger partial charge in [0.05, 0.1) is 61.0 Å². The Morgan fingerprint density at radius 1 is 0.388 bits per heavy atom. The fourth-order valence-electron chi connectivity index (χ4n) is 10.9. The summed E-state index contributed by atoms with van der Waals surface area (Å²) in [7, 11) is 0. The number of alkyl halides is 24. The molecule has 0 saturated heterocycles. The van der Waals surface area contributed by atoms with E-state index in [9.17, 15) is 154 Å². The quantitative estimate of drug-likeness (QED) is 0.00880. The Balaban J connectivity index is 0.000000431. The molecular weight excluding hydrogens is 1910 g/mol. The first-order chi connectivity index (χ1) is 61.1. The van der Waals surface area contributed by atoms with E-state index in [-0.39, 0.29) is 53.2 Å². The molecule has 6 N–H and O–H groups in total. The van der Waals surface area contributed by atoms with E-state index in [0.29, 0.717) is 76.6 Å². The molecule has 4 atom stereocenters. The van der Waals surface area contributed by atoms with E-state index in [2.05, 4.69) is 15.3 Å². The van der Waals surface area contributed by atoms with Crippen LogP contribution in [0.2, 0.25) is 10.3 Å². The fraction of sp³-hybridized carbons (Fsp3) is 0.191. The number of aliphatic carboxylic acids is 1. The summed E-state index contributed by atoms with van der Waals surface area (Å²) in [6, 6.07) is 38.4.